The lowest BCUT2D eigenvalue weighted by Crippen LogP contribution is -2.38. The van der Waals surface area contributed by atoms with Crippen LogP contribution in [0.25, 0.3) is 11.5 Å². The molecule has 2 aliphatic rings. The second-order valence-corrected chi connectivity index (χ2v) is 11.0. The molecule has 178 valence electrons. The van der Waals surface area contributed by atoms with E-state index >= 15 is 0 Å². The fraction of sp³-hybridized carbons (Fsp3) is 0.400. The molecule has 3 aromatic rings. The van der Waals surface area contributed by atoms with Crippen LogP contribution in [0.2, 0.25) is 0 Å². The topological polar surface area (TPSA) is 96.6 Å². The highest BCUT2D eigenvalue weighted by atomic mass is 32.2. The monoisotopic (exact) mass is 480 g/mol. The first-order chi connectivity index (χ1) is 16.4. The normalized spacial score (nSPS) is 17.9. The zero-order valence-electron chi connectivity index (χ0n) is 19.2. The Balaban J connectivity index is 1.22. The molecule has 1 aromatic heterocycles. The first-order valence-electron chi connectivity index (χ1n) is 11.7. The van der Waals surface area contributed by atoms with Gasteiger partial charge in [-0.25, -0.2) is 8.42 Å². The first-order valence-corrected chi connectivity index (χ1v) is 13.2. The summed E-state index contributed by atoms with van der Waals surface area (Å²) < 4.78 is 32.5. The van der Waals surface area contributed by atoms with E-state index in [0.29, 0.717) is 49.0 Å². The Morgan fingerprint density at radius 2 is 1.59 bits per heavy atom. The number of nitrogens with zero attached hydrogens (tertiary/aromatic N) is 4. The van der Waals surface area contributed by atoms with Crippen molar-refractivity contribution in [2.24, 2.45) is 0 Å². The van der Waals surface area contributed by atoms with Gasteiger partial charge in [-0.3, -0.25) is 4.79 Å². The van der Waals surface area contributed by atoms with Gasteiger partial charge in [-0.15, -0.1) is 0 Å². The van der Waals surface area contributed by atoms with Crippen LogP contribution < -0.4 is 0 Å². The Morgan fingerprint density at radius 3 is 2.24 bits per heavy atom. The molecule has 1 amide bonds. The molecule has 34 heavy (non-hydrogen) atoms. The highest BCUT2D eigenvalue weighted by Crippen LogP contribution is 2.29. The van der Waals surface area contributed by atoms with Gasteiger partial charge < -0.3 is 9.42 Å². The SMILES string of the molecule is Cc1ccc(C(=O)N2CCC(c3noc(-c4ccc(S(=O)(=O)N5CCCC5)cc4)n3)CC2)cc1. The van der Waals surface area contributed by atoms with E-state index in [9.17, 15) is 13.2 Å². The fourth-order valence-corrected chi connectivity index (χ4v) is 6.10. The van der Waals surface area contributed by atoms with E-state index in [-0.39, 0.29) is 16.7 Å². The molecule has 9 heteroatoms. The summed E-state index contributed by atoms with van der Waals surface area (Å²) in [6.45, 7) is 4.44. The standard InChI is InChI=1S/C25H28N4O4S/c1-18-4-6-21(7-5-18)25(30)28-16-12-19(13-17-28)23-26-24(33-27-23)20-8-10-22(11-9-20)34(31,32)29-14-2-3-15-29/h4-11,19H,2-3,12-17H2,1H3. The van der Waals surface area contributed by atoms with Crippen LogP contribution in [0.5, 0.6) is 0 Å². The molecular weight excluding hydrogens is 452 g/mol. The number of hydrogen-bond donors (Lipinski definition) is 0. The van der Waals surface area contributed by atoms with Crippen molar-refractivity contribution in [1.82, 2.24) is 19.3 Å². The van der Waals surface area contributed by atoms with E-state index in [1.807, 2.05) is 36.1 Å². The number of benzene rings is 2. The lowest BCUT2D eigenvalue weighted by Gasteiger charge is -2.30. The Kier molecular flexibility index (Phi) is 6.22. The summed E-state index contributed by atoms with van der Waals surface area (Å²) in [5.74, 6) is 1.18. The molecule has 5 rings (SSSR count). The minimum Gasteiger partial charge on any atom is -0.339 e. The van der Waals surface area contributed by atoms with E-state index < -0.39 is 10.0 Å². The zero-order chi connectivity index (χ0) is 23.7. The van der Waals surface area contributed by atoms with E-state index in [1.165, 1.54) is 4.31 Å². The summed E-state index contributed by atoms with van der Waals surface area (Å²) in [5.41, 5.74) is 2.53. The molecule has 0 spiro atoms. The first kappa shape index (κ1) is 22.7. The summed E-state index contributed by atoms with van der Waals surface area (Å²) >= 11 is 0. The molecular formula is C25H28N4O4S. The second-order valence-electron chi connectivity index (χ2n) is 9.03. The third-order valence-corrected chi connectivity index (χ3v) is 8.60. The quantitative estimate of drug-likeness (QED) is 0.550. The predicted octanol–water partition coefficient (Wildman–Crippen LogP) is 3.85. The molecule has 0 radical (unpaired) electrons. The van der Waals surface area contributed by atoms with E-state index in [2.05, 4.69) is 10.1 Å². The Hall–Kier alpha value is -3.04. The van der Waals surface area contributed by atoms with Gasteiger partial charge in [0.25, 0.3) is 11.8 Å². The van der Waals surface area contributed by atoms with Crippen LogP contribution >= 0.6 is 0 Å². The number of amides is 1. The number of aromatic nitrogens is 2. The van der Waals surface area contributed by atoms with Gasteiger partial charge in [0.05, 0.1) is 4.90 Å². The number of aryl methyl sites for hydroxylation is 1. The average molecular weight is 481 g/mol. The molecule has 2 aromatic carbocycles. The van der Waals surface area contributed by atoms with Crippen LogP contribution in [0.1, 0.15) is 53.3 Å². The van der Waals surface area contributed by atoms with Crippen molar-refractivity contribution >= 4 is 15.9 Å². The van der Waals surface area contributed by atoms with Gasteiger partial charge in [0.2, 0.25) is 10.0 Å². The maximum atomic E-state index is 12.8. The Bertz CT molecular complexity index is 1260. The maximum Gasteiger partial charge on any atom is 0.257 e. The third-order valence-electron chi connectivity index (χ3n) is 6.69. The summed E-state index contributed by atoms with van der Waals surface area (Å²) in [6.07, 6.45) is 3.34. The Labute approximate surface area is 199 Å². The van der Waals surface area contributed by atoms with E-state index in [0.717, 1.165) is 31.2 Å². The number of hydrogen-bond acceptors (Lipinski definition) is 6. The summed E-state index contributed by atoms with van der Waals surface area (Å²) in [6, 6.07) is 14.3. The molecule has 0 saturated carbocycles. The second kappa shape index (κ2) is 9.31. The lowest BCUT2D eigenvalue weighted by atomic mass is 9.95. The van der Waals surface area contributed by atoms with E-state index in [1.54, 1.807) is 24.3 Å². The Morgan fingerprint density at radius 1 is 0.941 bits per heavy atom. The minimum absolute atomic E-state index is 0.0521. The van der Waals surface area contributed by atoms with Crippen molar-refractivity contribution in [1.29, 1.82) is 0 Å². The van der Waals surface area contributed by atoms with Crippen molar-refractivity contribution in [2.75, 3.05) is 26.2 Å². The number of piperidine rings is 1. The molecule has 0 bridgehead atoms. The summed E-state index contributed by atoms with van der Waals surface area (Å²) in [4.78, 5) is 19.5. The molecule has 0 N–H and O–H groups in total. The van der Waals surface area contributed by atoms with Gasteiger partial charge in [-0.05, 0) is 69.0 Å². The number of sulfonamides is 1. The molecule has 8 nitrogen and oxygen atoms in total. The fourth-order valence-electron chi connectivity index (χ4n) is 4.58. The van der Waals surface area contributed by atoms with Crippen LogP contribution in [0.4, 0.5) is 0 Å². The molecule has 2 aliphatic heterocycles. The molecule has 0 aliphatic carbocycles. The summed E-state index contributed by atoms with van der Waals surface area (Å²) in [7, 11) is -3.45. The molecule has 2 fully saturated rings. The molecule has 0 unspecified atom stereocenters. The maximum absolute atomic E-state index is 12.8. The predicted molar refractivity (Wildman–Crippen MR) is 127 cm³/mol. The van der Waals surface area contributed by atoms with E-state index in [4.69, 9.17) is 4.52 Å². The lowest BCUT2D eigenvalue weighted by molar-refractivity contribution is 0.0710. The van der Waals surface area contributed by atoms with Crippen LogP contribution in [0, 0.1) is 6.92 Å². The van der Waals surface area contributed by atoms with Crippen LogP contribution in [0.15, 0.2) is 57.9 Å². The van der Waals surface area contributed by atoms with Gasteiger partial charge >= 0.3 is 0 Å². The van der Waals surface area contributed by atoms with Crippen molar-refractivity contribution in [3.05, 3.63) is 65.5 Å². The largest absolute Gasteiger partial charge is 0.339 e. The molecule has 3 heterocycles. The number of likely N-dealkylation sites (tertiary alicyclic amines) is 1. The van der Waals surface area contributed by atoms with Gasteiger partial charge in [-0.1, -0.05) is 22.9 Å². The third kappa shape index (κ3) is 4.50. The van der Waals surface area contributed by atoms with Crippen molar-refractivity contribution in [2.45, 2.75) is 43.4 Å². The highest BCUT2D eigenvalue weighted by Gasteiger charge is 2.29. The van der Waals surface area contributed by atoms with Crippen LogP contribution in [0.3, 0.4) is 0 Å². The molecule has 2 saturated heterocycles. The molecule has 0 atom stereocenters. The van der Waals surface area contributed by atoms with Crippen molar-refractivity contribution in [3.63, 3.8) is 0 Å². The van der Waals surface area contributed by atoms with Crippen molar-refractivity contribution in [3.8, 4) is 11.5 Å². The number of carbonyl (C=O) groups excluding carboxylic acids is 1. The van der Waals surface area contributed by atoms with Crippen LogP contribution in [-0.2, 0) is 10.0 Å². The van der Waals surface area contributed by atoms with Gasteiger partial charge in [0.15, 0.2) is 5.82 Å². The van der Waals surface area contributed by atoms with Gasteiger partial charge in [0, 0.05) is 43.2 Å². The van der Waals surface area contributed by atoms with Crippen LogP contribution in [-0.4, -0.2) is 59.8 Å². The van der Waals surface area contributed by atoms with Crippen molar-refractivity contribution < 1.29 is 17.7 Å². The zero-order valence-corrected chi connectivity index (χ0v) is 20.0. The van der Waals surface area contributed by atoms with Gasteiger partial charge in [0.1, 0.15) is 0 Å². The smallest absolute Gasteiger partial charge is 0.257 e. The van der Waals surface area contributed by atoms with Gasteiger partial charge in [-0.2, -0.15) is 9.29 Å². The number of carbonyl (C=O) groups is 1. The highest BCUT2D eigenvalue weighted by molar-refractivity contribution is 7.89. The average Bonchev–Trinajstić information content (AvgIpc) is 3.58. The minimum atomic E-state index is -3.45. The number of rotatable bonds is 5. The summed E-state index contributed by atoms with van der Waals surface area (Å²) in [5, 5.41) is 4.17.